The molecule has 0 heterocycles. The Balaban J connectivity index is 0.910. The van der Waals surface area contributed by atoms with Gasteiger partial charge >= 0.3 is 0 Å². The Morgan fingerprint density at radius 1 is 0.468 bits per heavy atom. The molecule has 0 aromatic heterocycles. The number of rotatable bonds is 11. The number of benzene rings is 6. The molecule has 4 aliphatic rings. The summed E-state index contributed by atoms with van der Waals surface area (Å²) in [6.07, 6.45) is 28.3. The molecule has 1 unspecified atom stereocenters. The minimum atomic E-state index is 0.511. The van der Waals surface area contributed by atoms with Crippen LogP contribution in [0.4, 0.5) is 28.4 Å². The molecule has 0 N–H and O–H groups in total. The van der Waals surface area contributed by atoms with E-state index < -0.39 is 0 Å². The first kappa shape index (κ1) is 39.1. The molecule has 0 fully saturated rings. The number of hydrogen-bond donors (Lipinski definition) is 0. The molecule has 0 spiro atoms. The van der Waals surface area contributed by atoms with Crippen LogP contribution in [0, 0.1) is 0 Å². The highest BCUT2D eigenvalue weighted by Gasteiger charge is 2.20. The second kappa shape index (κ2) is 18.3. The van der Waals surface area contributed by atoms with Gasteiger partial charge in [0.05, 0.1) is 0 Å². The van der Waals surface area contributed by atoms with E-state index in [1.54, 1.807) is 0 Å². The van der Waals surface area contributed by atoms with Gasteiger partial charge in [-0.2, -0.15) is 0 Å². The summed E-state index contributed by atoms with van der Waals surface area (Å²) in [6, 6.07) is 56.3. The summed E-state index contributed by atoms with van der Waals surface area (Å²) in [5.41, 5.74) is 24.9. The van der Waals surface area contributed by atoms with Crippen molar-refractivity contribution in [1.29, 1.82) is 0 Å². The second-order valence-electron chi connectivity index (χ2n) is 16.8. The van der Waals surface area contributed by atoms with Gasteiger partial charge in [-0.05, 0) is 181 Å². The van der Waals surface area contributed by atoms with Crippen LogP contribution in [-0.2, 0) is 0 Å². The van der Waals surface area contributed by atoms with Crippen LogP contribution in [0.5, 0.6) is 0 Å². The molecule has 4 aliphatic carbocycles. The summed E-state index contributed by atoms with van der Waals surface area (Å²) >= 11 is 0. The Morgan fingerprint density at radius 3 is 1.65 bits per heavy atom. The van der Waals surface area contributed by atoms with E-state index in [1.165, 1.54) is 107 Å². The van der Waals surface area contributed by atoms with E-state index in [9.17, 15) is 0 Å². The van der Waals surface area contributed by atoms with Gasteiger partial charge in [-0.15, -0.1) is 0 Å². The highest BCUT2D eigenvalue weighted by molar-refractivity contribution is 5.81. The monoisotopic (exact) mass is 800 g/mol. The van der Waals surface area contributed by atoms with Crippen LogP contribution >= 0.6 is 0 Å². The van der Waals surface area contributed by atoms with Crippen molar-refractivity contribution in [2.24, 2.45) is 0 Å². The predicted molar refractivity (Wildman–Crippen MR) is 263 cm³/mol. The number of para-hydroxylation sites is 1. The molecule has 2 heteroatoms. The first-order valence-corrected chi connectivity index (χ1v) is 22.5. The third kappa shape index (κ3) is 8.58. The lowest BCUT2D eigenvalue weighted by Gasteiger charge is -2.30. The Morgan fingerprint density at radius 2 is 1.06 bits per heavy atom. The minimum Gasteiger partial charge on any atom is -0.314 e. The summed E-state index contributed by atoms with van der Waals surface area (Å²) in [6.45, 7) is 0. The highest BCUT2D eigenvalue weighted by atomic mass is 15.2. The third-order valence-electron chi connectivity index (χ3n) is 12.9. The van der Waals surface area contributed by atoms with E-state index in [2.05, 4.69) is 209 Å². The molecule has 0 saturated heterocycles. The van der Waals surface area contributed by atoms with Crippen molar-refractivity contribution in [3.63, 3.8) is 0 Å². The maximum absolute atomic E-state index is 3.22. The van der Waals surface area contributed by atoms with E-state index in [1.807, 2.05) is 12.2 Å². The maximum atomic E-state index is 3.22. The number of hydrogen-bond acceptors (Lipinski definition) is 2. The van der Waals surface area contributed by atoms with Crippen molar-refractivity contribution < 1.29 is 0 Å². The Labute approximate surface area is 367 Å². The van der Waals surface area contributed by atoms with Gasteiger partial charge in [-0.25, -0.2) is 0 Å². The molecule has 1 atom stereocenters. The minimum absolute atomic E-state index is 0.511. The molecule has 0 amide bonds. The summed E-state index contributed by atoms with van der Waals surface area (Å²) in [4.78, 5) is 4.81. The molecular formula is C60H52N2. The van der Waals surface area contributed by atoms with Crippen molar-refractivity contribution in [1.82, 2.24) is 0 Å². The zero-order valence-corrected chi connectivity index (χ0v) is 35.4. The van der Waals surface area contributed by atoms with E-state index >= 15 is 0 Å². The molecule has 6 aromatic carbocycles. The van der Waals surface area contributed by atoms with E-state index in [4.69, 9.17) is 0 Å². The Kier molecular flexibility index (Phi) is 11.5. The van der Waals surface area contributed by atoms with Crippen molar-refractivity contribution in [3.05, 3.63) is 240 Å². The Bertz CT molecular complexity index is 2780. The molecule has 0 radical (unpaired) electrons. The lowest BCUT2D eigenvalue weighted by molar-refractivity contribution is 0.654. The van der Waals surface area contributed by atoms with E-state index in [0.29, 0.717) is 5.92 Å². The van der Waals surface area contributed by atoms with Crippen LogP contribution in [0.1, 0.15) is 86.0 Å². The first-order chi connectivity index (χ1) is 30.7. The van der Waals surface area contributed by atoms with Gasteiger partial charge in [0.15, 0.2) is 0 Å². The van der Waals surface area contributed by atoms with Gasteiger partial charge in [0.1, 0.15) is 0 Å². The standard InChI is InChI=1S/C60H52N2/c1-5-13-45(14-6-1)48-21-23-49(24-22-48)52-29-39-56(40-30-52)61(55-19-11-4-12-20-55)57-41-31-53(32-42-57)54-33-43-60(44-34-54)62(58-35-25-50(26-36-58)46-15-7-2-8-16-46)59-37-27-51(28-38-59)47-17-9-3-10-18-47/h1,4-5,7,11-13,15,17,19-29,31-39,41-44,46H,2-3,8-10,16,18,30,40H2. The molecular weight excluding hydrogens is 749 g/mol. The van der Waals surface area contributed by atoms with Crippen LogP contribution in [0.15, 0.2) is 217 Å². The van der Waals surface area contributed by atoms with Gasteiger partial charge in [-0.1, -0.05) is 133 Å². The Hall–Kier alpha value is -7.08. The topological polar surface area (TPSA) is 6.48 Å². The van der Waals surface area contributed by atoms with Crippen LogP contribution in [0.3, 0.4) is 0 Å². The van der Waals surface area contributed by atoms with E-state index in [-0.39, 0.29) is 0 Å². The van der Waals surface area contributed by atoms with Gasteiger partial charge in [-0.3, -0.25) is 0 Å². The fourth-order valence-corrected chi connectivity index (χ4v) is 9.44. The average molecular weight is 801 g/mol. The summed E-state index contributed by atoms with van der Waals surface area (Å²) in [5.74, 6) is 0.511. The molecule has 2 nitrogen and oxygen atoms in total. The maximum Gasteiger partial charge on any atom is 0.0462 e. The summed E-state index contributed by atoms with van der Waals surface area (Å²) in [7, 11) is 0. The molecule has 302 valence electrons. The van der Waals surface area contributed by atoms with Crippen LogP contribution in [0.25, 0.3) is 27.8 Å². The fraction of sp³-hybridized carbons (Fsp3) is 0.167. The summed E-state index contributed by atoms with van der Waals surface area (Å²) < 4.78 is 0. The van der Waals surface area contributed by atoms with Crippen molar-refractivity contribution >= 4 is 45.2 Å². The van der Waals surface area contributed by atoms with Crippen LogP contribution in [0.2, 0.25) is 0 Å². The lowest BCUT2D eigenvalue weighted by atomic mass is 9.89. The van der Waals surface area contributed by atoms with Crippen LogP contribution < -0.4 is 9.80 Å². The smallest absolute Gasteiger partial charge is 0.0462 e. The van der Waals surface area contributed by atoms with Gasteiger partial charge in [0.25, 0.3) is 0 Å². The zero-order chi connectivity index (χ0) is 41.5. The number of anilines is 5. The average Bonchev–Trinajstić information content (AvgIpc) is 3.36. The largest absolute Gasteiger partial charge is 0.314 e. The fourth-order valence-electron chi connectivity index (χ4n) is 9.44. The molecule has 0 aliphatic heterocycles. The normalized spacial score (nSPS) is 16.9. The zero-order valence-electron chi connectivity index (χ0n) is 35.4. The third-order valence-corrected chi connectivity index (χ3v) is 12.9. The molecule has 10 rings (SSSR count). The van der Waals surface area contributed by atoms with Gasteiger partial charge < -0.3 is 9.80 Å². The van der Waals surface area contributed by atoms with Crippen molar-refractivity contribution in [2.75, 3.05) is 9.80 Å². The number of nitrogens with zero attached hydrogens (tertiary/aromatic N) is 2. The van der Waals surface area contributed by atoms with Crippen molar-refractivity contribution in [2.45, 2.75) is 63.7 Å². The predicted octanol–water partition coefficient (Wildman–Crippen LogP) is 16.8. The van der Waals surface area contributed by atoms with Crippen LogP contribution in [-0.4, -0.2) is 0 Å². The van der Waals surface area contributed by atoms with Gasteiger partial charge in [0.2, 0.25) is 0 Å². The quantitative estimate of drug-likeness (QED) is 0.0951. The molecule has 62 heavy (non-hydrogen) atoms. The molecule has 0 saturated carbocycles. The highest BCUT2D eigenvalue weighted by Crippen LogP contribution is 2.40. The summed E-state index contributed by atoms with van der Waals surface area (Å²) in [5, 5.41) is 0. The first-order valence-electron chi connectivity index (χ1n) is 22.5. The SMILES string of the molecule is C1=C=C(c2ccc(C3=CC=C(N(c4ccccc4)c4ccc(-c5ccc(N(c6ccc(C7=CCCCC7)cc6)c6ccc(C7C=CCCC7)cc6)cc5)cc4)CC3)cc2)C=CC=1. The van der Waals surface area contributed by atoms with Crippen molar-refractivity contribution in [3.8, 4) is 11.1 Å². The second-order valence-corrected chi connectivity index (χ2v) is 16.8. The van der Waals surface area contributed by atoms with Gasteiger partial charge in [0, 0.05) is 45.6 Å². The molecule has 0 bridgehead atoms. The lowest BCUT2D eigenvalue weighted by Crippen LogP contribution is -2.17. The number of allylic oxidation sites excluding steroid dienone is 12. The molecule has 6 aromatic rings. The van der Waals surface area contributed by atoms with E-state index in [0.717, 1.165) is 35.4 Å².